The molecule has 0 aliphatic rings. The SMILES string of the molecule is CCNC(c1ccsc1)c1cc(F)cc(Br)c1. The van der Waals surface area contributed by atoms with E-state index in [2.05, 4.69) is 32.7 Å². The van der Waals surface area contributed by atoms with E-state index in [0.717, 1.165) is 16.6 Å². The molecule has 0 spiro atoms. The normalized spacial score (nSPS) is 12.6. The molecule has 0 fully saturated rings. The van der Waals surface area contributed by atoms with Gasteiger partial charge in [-0.25, -0.2) is 4.39 Å². The number of halogens is 2. The van der Waals surface area contributed by atoms with Crippen molar-refractivity contribution in [3.8, 4) is 0 Å². The van der Waals surface area contributed by atoms with Crippen LogP contribution in [0.15, 0.2) is 39.5 Å². The fourth-order valence-corrected chi connectivity index (χ4v) is 2.98. The lowest BCUT2D eigenvalue weighted by molar-refractivity contribution is 0.603. The molecule has 0 aliphatic carbocycles. The second-order valence-electron chi connectivity index (χ2n) is 3.75. The van der Waals surface area contributed by atoms with Crippen LogP contribution in [0.3, 0.4) is 0 Å². The summed E-state index contributed by atoms with van der Waals surface area (Å²) in [4.78, 5) is 0. The fourth-order valence-electron chi connectivity index (χ4n) is 1.81. The Morgan fingerprint density at radius 1 is 1.35 bits per heavy atom. The fraction of sp³-hybridized carbons (Fsp3) is 0.231. The van der Waals surface area contributed by atoms with Gasteiger partial charge in [0.2, 0.25) is 0 Å². The van der Waals surface area contributed by atoms with Crippen molar-refractivity contribution in [1.82, 2.24) is 5.32 Å². The van der Waals surface area contributed by atoms with Crippen molar-refractivity contribution < 1.29 is 4.39 Å². The van der Waals surface area contributed by atoms with E-state index >= 15 is 0 Å². The van der Waals surface area contributed by atoms with E-state index in [1.807, 2.05) is 18.4 Å². The van der Waals surface area contributed by atoms with Crippen molar-refractivity contribution in [3.05, 3.63) is 56.4 Å². The third-order valence-corrected chi connectivity index (χ3v) is 3.66. The molecule has 0 radical (unpaired) electrons. The molecule has 0 amide bonds. The summed E-state index contributed by atoms with van der Waals surface area (Å²) in [5.41, 5.74) is 2.12. The molecule has 1 aromatic carbocycles. The second kappa shape index (κ2) is 5.76. The van der Waals surface area contributed by atoms with Gasteiger partial charge in [0.1, 0.15) is 5.82 Å². The topological polar surface area (TPSA) is 12.0 Å². The van der Waals surface area contributed by atoms with Gasteiger partial charge in [-0.3, -0.25) is 0 Å². The van der Waals surface area contributed by atoms with Gasteiger partial charge in [0.15, 0.2) is 0 Å². The first kappa shape index (κ1) is 12.7. The van der Waals surface area contributed by atoms with E-state index in [4.69, 9.17) is 0 Å². The summed E-state index contributed by atoms with van der Waals surface area (Å²) in [5, 5.41) is 7.50. The van der Waals surface area contributed by atoms with E-state index in [0.29, 0.717) is 0 Å². The lowest BCUT2D eigenvalue weighted by atomic mass is 10.0. The van der Waals surface area contributed by atoms with Gasteiger partial charge in [0.05, 0.1) is 6.04 Å². The monoisotopic (exact) mass is 313 g/mol. The zero-order valence-corrected chi connectivity index (χ0v) is 11.8. The molecule has 0 saturated carbocycles. The largest absolute Gasteiger partial charge is 0.307 e. The van der Waals surface area contributed by atoms with Crippen molar-refractivity contribution in [1.29, 1.82) is 0 Å². The lowest BCUT2D eigenvalue weighted by Gasteiger charge is -2.17. The van der Waals surface area contributed by atoms with Crippen molar-refractivity contribution in [3.63, 3.8) is 0 Å². The van der Waals surface area contributed by atoms with Gasteiger partial charge in [-0.1, -0.05) is 22.9 Å². The van der Waals surface area contributed by atoms with Crippen molar-refractivity contribution in [2.45, 2.75) is 13.0 Å². The summed E-state index contributed by atoms with van der Waals surface area (Å²) in [5.74, 6) is -0.215. The molecule has 1 heterocycles. The highest BCUT2D eigenvalue weighted by atomic mass is 79.9. The van der Waals surface area contributed by atoms with Gasteiger partial charge >= 0.3 is 0 Å². The number of rotatable bonds is 4. The number of hydrogen-bond acceptors (Lipinski definition) is 2. The second-order valence-corrected chi connectivity index (χ2v) is 5.45. The Morgan fingerprint density at radius 3 is 2.76 bits per heavy atom. The smallest absolute Gasteiger partial charge is 0.124 e. The summed E-state index contributed by atoms with van der Waals surface area (Å²) in [7, 11) is 0. The molecular formula is C13H13BrFNS. The number of thiophene rings is 1. The summed E-state index contributed by atoms with van der Waals surface area (Å²) in [6.07, 6.45) is 0. The van der Waals surface area contributed by atoms with Crippen LogP contribution in [-0.2, 0) is 0 Å². The van der Waals surface area contributed by atoms with E-state index in [1.54, 1.807) is 17.4 Å². The first-order valence-electron chi connectivity index (χ1n) is 5.42. The third kappa shape index (κ3) is 3.15. The summed E-state index contributed by atoms with van der Waals surface area (Å²) < 4.78 is 14.2. The van der Waals surface area contributed by atoms with E-state index in [-0.39, 0.29) is 11.9 Å². The van der Waals surface area contributed by atoms with Crippen molar-refractivity contribution in [2.24, 2.45) is 0 Å². The lowest BCUT2D eigenvalue weighted by Crippen LogP contribution is -2.21. The first-order chi connectivity index (χ1) is 8.20. The van der Waals surface area contributed by atoms with E-state index < -0.39 is 0 Å². The van der Waals surface area contributed by atoms with Crippen LogP contribution in [0, 0.1) is 5.82 Å². The molecule has 1 atom stereocenters. The van der Waals surface area contributed by atoms with Gasteiger partial charge in [-0.15, -0.1) is 0 Å². The third-order valence-electron chi connectivity index (χ3n) is 2.50. The quantitative estimate of drug-likeness (QED) is 0.885. The average molecular weight is 314 g/mol. The van der Waals surface area contributed by atoms with E-state index in [1.165, 1.54) is 11.6 Å². The van der Waals surface area contributed by atoms with Crippen LogP contribution in [0.25, 0.3) is 0 Å². The highest BCUT2D eigenvalue weighted by Gasteiger charge is 2.14. The van der Waals surface area contributed by atoms with Crippen molar-refractivity contribution >= 4 is 27.3 Å². The number of hydrogen-bond donors (Lipinski definition) is 1. The van der Waals surface area contributed by atoms with Crippen LogP contribution in [-0.4, -0.2) is 6.54 Å². The molecule has 1 aromatic heterocycles. The Hall–Kier alpha value is -0.710. The molecule has 0 bridgehead atoms. The minimum Gasteiger partial charge on any atom is -0.307 e. The minimum absolute atomic E-state index is 0.0539. The van der Waals surface area contributed by atoms with Gasteiger partial charge in [-0.2, -0.15) is 11.3 Å². The molecule has 0 aliphatic heterocycles. The molecule has 1 unspecified atom stereocenters. The highest BCUT2D eigenvalue weighted by Crippen LogP contribution is 2.27. The van der Waals surface area contributed by atoms with Gasteiger partial charge in [-0.05, 0) is 52.7 Å². The standard InChI is InChI=1S/C13H13BrFNS/c1-2-16-13(9-3-4-17-8-9)10-5-11(14)7-12(15)6-10/h3-8,13,16H,2H2,1H3. The molecule has 17 heavy (non-hydrogen) atoms. The van der Waals surface area contributed by atoms with Gasteiger partial charge < -0.3 is 5.32 Å². The summed E-state index contributed by atoms with van der Waals surface area (Å²) >= 11 is 4.98. The zero-order chi connectivity index (χ0) is 12.3. The first-order valence-corrected chi connectivity index (χ1v) is 7.15. The molecular weight excluding hydrogens is 301 g/mol. The molecule has 1 nitrogen and oxygen atoms in total. The van der Waals surface area contributed by atoms with Crippen LogP contribution in [0.4, 0.5) is 4.39 Å². The molecule has 1 N–H and O–H groups in total. The Morgan fingerprint density at radius 2 is 2.18 bits per heavy atom. The average Bonchev–Trinajstić information content (AvgIpc) is 2.77. The number of nitrogens with one attached hydrogen (secondary N) is 1. The van der Waals surface area contributed by atoms with Crippen LogP contribution in [0.1, 0.15) is 24.1 Å². The Labute approximate surface area is 113 Å². The molecule has 90 valence electrons. The Kier molecular flexibility index (Phi) is 4.31. The van der Waals surface area contributed by atoms with Crippen LogP contribution in [0.5, 0.6) is 0 Å². The summed E-state index contributed by atoms with van der Waals surface area (Å²) in [6, 6.07) is 7.12. The molecule has 2 rings (SSSR count). The Balaban J connectivity index is 2.38. The summed E-state index contributed by atoms with van der Waals surface area (Å²) in [6.45, 7) is 2.89. The molecule has 0 saturated heterocycles. The van der Waals surface area contributed by atoms with Gasteiger partial charge in [0, 0.05) is 4.47 Å². The van der Waals surface area contributed by atoms with Crippen LogP contribution < -0.4 is 5.32 Å². The Bertz CT molecular complexity index is 464. The predicted octanol–water partition coefficient (Wildman–Crippen LogP) is 4.35. The van der Waals surface area contributed by atoms with Gasteiger partial charge in [0.25, 0.3) is 0 Å². The van der Waals surface area contributed by atoms with Crippen LogP contribution in [0.2, 0.25) is 0 Å². The number of benzene rings is 1. The maximum atomic E-state index is 13.4. The van der Waals surface area contributed by atoms with Crippen LogP contribution >= 0.6 is 27.3 Å². The minimum atomic E-state index is -0.215. The van der Waals surface area contributed by atoms with E-state index in [9.17, 15) is 4.39 Å². The maximum Gasteiger partial charge on any atom is 0.124 e. The zero-order valence-electron chi connectivity index (χ0n) is 9.41. The highest BCUT2D eigenvalue weighted by molar-refractivity contribution is 9.10. The predicted molar refractivity (Wildman–Crippen MR) is 73.9 cm³/mol. The molecule has 2 aromatic rings. The van der Waals surface area contributed by atoms with Crippen molar-refractivity contribution in [2.75, 3.05) is 6.54 Å². The maximum absolute atomic E-state index is 13.4. The molecule has 4 heteroatoms.